The van der Waals surface area contributed by atoms with E-state index in [0.717, 1.165) is 10.5 Å². The van der Waals surface area contributed by atoms with Crippen molar-refractivity contribution in [2.75, 3.05) is 11.9 Å². The predicted octanol–water partition coefficient (Wildman–Crippen LogP) is 2.24. The Bertz CT molecular complexity index is 854. The zero-order valence-corrected chi connectivity index (χ0v) is 14.2. The molecule has 1 heterocycles. The van der Waals surface area contributed by atoms with E-state index >= 15 is 0 Å². The van der Waals surface area contributed by atoms with Gasteiger partial charge in [-0.1, -0.05) is 36.4 Å². The third-order valence-corrected chi connectivity index (χ3v) is 4.15. The van der Waals surface area contributed by atoms with Crippen molar-refractivity contribution in [3.8, 4) is 0 Å². The number of nitrogens with zero attached hydrogens (tertiary/aromatic N) is 1. The lowest BCUT2D eigenvalue weighted by Crippen LogP contribution is -2.38. The predicted molar refractivity (Wildman–Crippen MR) is 93.9 cm³/mol. The van der Waals surface area contributed by atoms with Crippen molar-refractivity contribution in [3.05, 3.63) is 65.5 Å². The standard InChI is InChI=1S/C19H18FN3O3/c1-12-7-8-14(10-15(12)20)21-17(24)11-23-18(25)16(22-19(23)26)9-13-5-3-2-4-6-13/h2-8,10,16H,9,11H2,1H3,(H,21,24)(H,22,26)/t16-/m0/s1. The van der Waals surface area contributed by atoms with Gasteiger partial charge in [-0.15, -0.1) is 0 Å². The molecule has 1 atom stereocenters. The smallest absolute Gasteiger partial charge is 0.325 e. The Morgan fingerprint density at radius 2 is 1.92 bits per heavy atom. The molecule has 0 unspecified atom stereocenters. The number of hydrogen-bond donors (Lipinski definition) is 2. The number of anilines is 1. The normalized spacial score (nSPS) is 16.5. The van der Waals surface area contributed by atoms with E-state index in [-0.39, 0.29) is 5.69 Å². The molecule has 1 aliphatic heterocycles. The number of rotatable bonds is 5. The summed E-state index contributed by atoms with van der Waals surface area (Å²) in [4.78, 5) is 37.4. The van der Waals surface area contributed by atoms with Crippen LogP contribution in [0.25, 0.3) is 0 Å². The molecular weight excluding hydrogens is 337 g/mol. The van der Waals surface area contributed by atoms with Crippen LogP contribution in [0.15, 0.2) is 48.5 Å². The number of amides is 4. The molecule has 134 valence electrons. The van der Waals surface area contributed by atoms with Crippen molar-refractivity contribution >= 4 is 23.5 Å². The van der Waals surface area contributed by atoms with Crippen molar-refractivity contribution in [1.29, 1.82) is 0 Å². The minimum absolute atomic E-state index is 0.269. The van der Waals surface area contributed by atoms with Gasteiger partial charge < -0.3 is 10.6 Å². The third-order valence-electron chi connectivity index (χ3n) is 4.15. The highest BCUT2D eigenvalue weighted by Crippen LogP contribution is 2.15. The topological polar surface area (TPSA) is 78.5 Å². The third kappa shape index (κ3) is 3.88. The van der Waals surface area contributed by atoms with Gasteiger partial charge in [-0.2, -0.15) is 0 Å². The van der Waals surface area contributed by atoms with E-state index in [4.69, 9.17) is 0 Å². The highest BCUT2D eigenvalue weighted by atomic mass is 19.1. The van der Waals surface area contributed by atoms with Gasteiger partial charge in [0.1, 0.15) is 18.4 Å². The molecule has 0 radical (unpaired) electrons. The van der Waals surface area contributed by atoms with Gasteiger partial charge >= 0.3 is 6.03 Å². The quantitative estimate of drug-likeness (QED) is 0.808. The summed E-state index contributed by atoms with van der Waals surface area (Å²) in [6, 6.07) is 12.3. The number of halogens is 1. The van der Waals surface area contributed by atoms with Gasteiger partial charge in [0.25, 0.3) is 5.91 Å². The van der Waals surface area contributed by atoms with E-state index in [1.54, 1.807) is 13.0 Å². The van der Waals surface area contributed by atoms with E-state index in [1.165, 1.54) is 12.1 Å². The molecular formula is C19H18FN3O3. The van der Waals surface area contributed by atoms with E-state index in [9.17, 15) is 18.8 Å². The monoisotopic (exact) mass is 355 g/mol. The molecule has 0 aromatic heterocycles. The van der Waals surface area contributed by atoms with Crippen LogP contribution in [-0.2, 0) is 16.0 Å². The Balaban J connectivity index is 1.61. The van der Waals surface area contributed by atoms with Crippen LogP contribution in [0.2, 0.25) is 0 Å². The molecule has 2 aromatic carbocycles. The van der Waals surface area contributed by atoms with Crippen molar-refractivity contribution in [2.24, 2.45) is 0 Å². The molecule has 7 heteroatoms. The van der Waals surface area contributed by atoms with Gasteiger partial charge in [0.2, 0.25) is 5.91 Å². The lowest BCUT2D eigenvalue weighted by atomic mass is 10.1. The average molecular weight is 355 g/mol. The fraction of sp³-hybridized carbons (Fsp3) is 0.211. The van der Waals surface area contributed by atoms with Crippen LogP contribution >= 0.6 is 0 Å². The van der Waals surface area contributed by atoms with Crippen LogP contribution in [0.1, 0.15) is 11.1 Å². The highest BCUT2D eigenvalue weighted by molar-refractivity contribution is 6.08. The van der Waals surface area contributed by atoms with Crippen LogP contribution in [0.3, 0.4) is 0 Å². The lowest BCUT2D eigenvalue weighted by molar-refractivity contribution is -0.130. The minimum Gasteiger partial charge on any atom is -0.325 e. The van der Waals surface area contributed by atoms with E-state index < -0.39 is 36.2 Å². The summed E-state index contributed by atoms with van der Waals surface area (Å²) in [5.41, 5.74) is 1.64. The zero-order chi connectivity index (χ0) is 18.7. The Labute approximate surface area is 150 Å². The van der Waals surface area contributed by atoms with Crippen molar-refractivity contribution in [3.63, 3.8) is 0 Å². The first-order valence-corrected chi connectivity index (χ1v) is 8.16. The molecule has 2 aromatic rings. The first kappa shape index (κ1) is 17.6. The number of carbonyl (C=O) groups is 3. The maximum Gasteiger partial charge on any atom is 0.325 e. The summed E-state index contributed by atoms with van der Waals surface area (Å²) in [7, 11) is 0. The second-order valence-electron chi connectivity index (χ2n) is 6.13. The van der Waals surface area contributed by atoms with Crippen LogP contribution in [0.4, 0.5) is 14.9 Å². The van der Waals surface area contributed by atoms with Gasteiger partial charge in [0, 0.05) is 12.1 Å². The van der Waals surface area contributed by atoms with Gasteiger partial charge in [0.15, 0.2) is 0 Å². The van der Waals surface area contributed by atoms with E-state index in [2.05, 4.69) is 10.6 Å². The number of benzene rings is 2. The van der Waals surface area contributed by atoms with E-state index in [0.29, 0.717) is 12.0 Å². The fourth-order valence-corrected chi connectivity index (χ4v) is 2.73. The lowest BCUT2D eigenvalue weighted by Gasteiger charge is -2.13. The molecule has 0 bridgehead atoms. The second-order valence-corrected chi connectivity index (χ2v) is 6.13. The maximum absolute atomic E-state index is 13.5. The first-order chi connectivity index (χ1) is 12.4. The van der Waals surface area contributed by atoms with Gasteiger partial charge in [0.05, 0.1) is 0 Å². The van der Waals surface area contributed by atoms with Gasteiger partial charge in [-0.05, 0) is 30.2 Å². The second kappa shape index (κ2) is 7.35. The summed E-state index contributed by atoms with van der Waals surface area (Å²) in [5, 5.41) is 5.08. The number of imide groups is 1. The molecule has 1 fully saturated rings. The molecule has 3 rings (SSSR count). The number of nitrogens with one attached hydrogen (secondary N) is 2. The summed E-state index contributed by atoms with van der Waals surface area (Å²) in [6.45, 7) is 1.19. The average Bonchev–Trinajstić information content (AvgIpc) is 2.86. The van der Waals surface area contributed by atoms with Crippen LogP contribution in [0.5, 0.6) is 0 Å². The van der Waals surface area contributed by atoms with Crippen molar-refractivity contribution < 1.29 is 18.8 Å². The Hall–Kier alpha value is -3.22. The Kier molecular flexibility index (Phi) is 4.97. The summed E-state index contributed by atoms with van der Waals surface area (Å²) in [6.07, 6.45) is 0.354. The Morgan fingerprint density at radius 1 is 1.19 bits per heavy atom. The fourth-order valence-electron chi connectivity index (χ4n) is 2.73. The maximum atomic E-state index is 13.5. The van der Waals surface area contributed by atoms with Crippen molar-refractivity contribution in [2.45, 2.75) is 19.4 Å². The molecule has 1 saturated heterocycles. The first-order valence-electron chi connectivity index (χ1n) is 8.16. The Morgan fingerprint density at radius 3 is 2.62 bits per heavy atom. The SMILES string of the molecule is Cc1ccc(NC(=O)CN2C(=O)N[C@@H](Cc3ccccc3)C2=O)cc1F. The van der Waals surface area contributed by atoms with Crippen LogP contribution in [0, 0.1) is 12.7 Å². The van der Waals surface area contributed by atoms with Crippen LogP contribution < -0.4 is 10.6 Å². The number of aryl methyl sites for hydroxylation is 1. The van der Waals surface area contributed by atoms with Gasteiger partial charge in [-0.25, -0.2) is 9.18 Å². The number of hydrogen-bond acceptors (Lipinski definition) is 3. The number of carbonyl (C=O) groups excluding carboxylic acids is 3. The van der Waals surface area contributed by atoms with Crippen molar-refractivity contribution in [1.82, 2.24) is 10.2 Å². The van der Waals surface area contributed by atoms with Gasteiger partial charge in [-0.3, -0.25) is 14.5 Å². The molecule has 0 aliphatic carbocycles. The molecule has 0 saturated carbocycles. The summed E-state index contributed by atoms with van der Waals surface area (Å²) < 4.78 is 13.5. The zero-order valence-electron chi connectivity index (χ0n) is 14.2. The summed E-state index contributed by atoms with van der Waals surface area (Å²) in [5.74, 6) is -1.47. The largest absolute Gasteiger partial charge is 0.325 e. The van der Waals surface area contributed by atoms with E-state index in [1.807, 2.05) is 30.3 Å². The van der Waals surface area contributed by atoms with Crippen LogP contribution in [-0.4, -0.2) is 35.3 Å². The molecule has 6 nitrogen and oxygen atoms in total. The molecule has 0 spiro atoms. The molecule has 2 N–H and O–H groups in total. The molecule has 1 aliphatic rings. The number of urea groups is 1. The minimum atomic E-state index is -0.700. The molecule has 26 heavy (non-hydrogen) atoms. The molecule has 4 amide bonds. The summed E-state index contributed by atoms with van der Waals surface area (Å²) >= 11 is 0. The highest BCUT2D eigenvalue weighted by Gasteiger charge is 2.38.